The highest BCUT2D eigenvalue weighted by Crippen LogP contribution is 2.51. The smallest absolute Gasteiger partial charge is 0.0950 e. The zero-order chi connectivity index (χ0) is 11.9. The summed E-state index contributed by atoms with van der Waals surface area (Å²) in [5.74, 6) is 0.787. The van der Waals surface area contributed by atoms with E-state index in [4.69, 9.17) is 0 Å². The molecule has 1 saturated carbocycles. The van der Waals surface area contributed by atoms with E-state index >= 15 is 0 Å². The maximum atomic E-state index is 4.12. The normalized spacial score (nSPS) is 21.4. The third kappa shape index (κ3) is 1.97. The van der Waals surface area contributed by atoms with E-state index < -0.39 is 0 Å². The van der Waals surface area contributed by atoms with Crippen LogP contribution in [0.5, 0.6) is 0 Å². The predicted molar refractivity (Wildman–Crippen MR) is 69.9 cm³/mol. The zero-order valence-electron chi connectivity index (χ0n) is 10.3. The monoisotopic (exact) mass is 227 g/mol. The molecule has 0 saturated heterocycles. The molecule has 1 N–H and O–H groups in total. The summed E-state index contributed by atoms with van der Waals surface area (Å²) in [5, 5.41) is 12.8. The summed E-state index contributed by atoms with van der Waals surface area (Å²) in [6.07, 6.45) is 3.13. The molecule has 88 valence electrons. The van der Waals surface area contributed by atoms with Crippen LogP contribution in [0.15, 0.2) is 30.5 Å². The van der Waals surface area contributed by atoms with Crippen molar-refractivity contribution in [2.24, 2.45) is 11.3 Å². The van der Waals surface area contributed by atoms with Crippen LogP contribution in [0.1, 0.15) is 20.3 Å². The van der Waals surface area contributed by atoms with Gasteiger partial charge in [0.05, 0.1) is 17.4 Å². The molecule has 17 heavy (non-hydrogen) atoms. The van der Waals surface area contributed by atoms with Crippen molar-refractivity contribution in [2.45, 2.75) is 20.3 Å². The summed E-state index contributed by atoms with van der Waals surface area (Å²) in [5.41, 5.74) is 2.56. The maximum absolute atomic E-state index is 4.12. The van der Waals surface area contributed by atoms with E-state index in [1.807, 2.05) is 24.4 Å². The standard InChI is InChI=1S/C14H17N3/c1-14(2)7-10(14)8-15-13-9-16-17-12-6-4-3-5-11(12)13/h3-6,9-10H,7-8H2,1-2H3,(H,15,17). The first kappa shape index (κ1) is 10.5. The number of rotatable bonds is 3. The van der Waals surface area contributed by atoms with Gasteiger partial charge in [0.25, 0.3) is 0 Å². The molecule has 1 heterocycles. The molecule has 1 aliphatic rings. The third-order valence-electron chi connectivity index (χ3n) is 3.80. The Bertz CT molecular complexity index is 543. The highest BCUT2D eigenvalue weighted by atomic mass is 15.1. The van der Waals surface area contributed by atoms with E-state index in [2.05, 4.69) is 35.4 Å². The topological polar surface area (TPSA) is 37.8 Å². The summed E-state index contributed by atoms with van der Waals surface area (Å²) in [6, 6.07) is 8.11. The summed E-state index contributed by atoms with van der Waals surface area (Å²) in [4.78, 5) is 0. The first-order valence-electron chi connectivity index (χ1n) is 6.11. The highest BCUT2D eigenvalue weighted by Gasteiger charge is 2.44. The lowest BCUT2D eigenvalue weighted by molar-refractivity contribution is 0.573. The Kier molecular flexibility index (Phi) is 2.28. The Morgan fingerprint density at radius 2 is 2.12 bits per heavy atom. The Hall–Kier alpha value is -1.64. The molecule has 3 heteroatoms. The number of benzene rings is 1. The van der Waals surface area contributed by atoms with Gasteiger partial charge in [-0.1, -0.05) is 32.0 Å². The molecule has 0 aliphatic heterocycles. The summed E-state index contributed by atoms with van der Waals surface area (Å²) in [7, 11) is 0. The summed E-state index contributed by atoms with van der Waals surface area (Å²) in [6.45, 7) is 5.67. The highest BCUT2D eigenvalue weighted by molar-refractivity contribution is 5.90. The van der Waals surface area contributed by atoms with Gasteiger partial charge in [0, 0.05) is 11.9 Å². The molecule has 1 atom stereocenters. The van der Waals surface area contributed by atoms with E-state index in [0.717, 1.165) is 29.1 Å². The number of nitrogens with zero attached hydrogens (tertiary/aromatic N) is 2. The van der Waals surface area contributed by atoms with E-state index in [9.17, 15) is 0 Å². The van der Waals surface area contributed by atoms with Gasteiger partial charge in [0.1, 0.15) is 0 Å². The molecule has 0 spiro atoms. The zero-order valence-corrected chi connectivity index (χ0v) is 10.3. The lowest BCUT2D eigenvalue weighted by Gasteiger charge is -2.09. The fourth-order valence-corrected chi connectivity index (χ4v) is 2.31. The molecule has 2 aromatic rings. The second-order valence-corrected chi connectivity index (χ2v) is 5.55. The van der Waals surface area contributed by atoms with Crippen LogP contribution >= 0.6 is 0 Å². The van der Waals surface area contributed by atoms with Crippen molar-refractivity contribution >= 4 is 16.6 Å². The summed E-state index contributed by atoms with van der Waals surface area (Å²) >= 11 is 0. The van der Waals surface area contributed by atoms with Crippen molar-refractivity contribution in [3.8, 4) is 0 Å². The average molecular weight is 227 g/mol. The van der Waals surface area contributed by atoms with Gasteiger partial charge in [-0.15, -0.1) is 0 Å². The van der Waals surface area contributed by atoms with Crippen LogP contribution in [-0.2, 0) is 0 Å². The van der Waals surface area contributed by atoms with Gasteiger partial charge in [0.2, 0.25) is 0 Å². The molecule has 0 bridgehead atoms. The van der Waals surface area contributed by atoms with Crippen molar-refractivity contribution in [2.75, 3.05) is 11.9 Å². The van der Waals surface area contributed by atoms with Crippen LogP contribution in [-0.4, -0.2) is 16.7 Å². The van der Waals surface area contributed by atoms with Gasteiger partial charge >= 0.3 is 0 Å². The van der Waals surface area contributed by atoms with Crippen LogP contribution in [0.2, 0.25) is 0 Å². The van der Waals surface area contributed by atoms with Crippen LogP contribution in [0.25, 0.3) is 10.9 Å². The SMILES string of the molecule is CC1(C)CC1CNc1cnnc2ccccc12. The lowest BCUT2D eigenvalue weighted by atomic mass is 10.1. The molecular formula is C14H17N3. The maximum Gasteiger partial charge on any atom is 0.0950 e. The van der Waals surface area contributed by atoms with Gasteiger partial charge < -0.3 is 5.32 Å². The lowest BCUT2D eigenvalue weighted by Crippen LogP contribution is -2.08. The van der Waals surface area contributed by atoms with Crippen molar-refractivity contribution < 1.29 is 0 Å². The first-order valence-corrected chi connectivity index (χ1v) is 6.11. The molecule has 1 unspecified atom stereocenters. The van der Waals surface area contributed by atoms with Gasteiger partial charge in [0.15, 0.2) is 0 Å². The fraction of sp³-hybridized carbons (Fsp3) is 0.429. The van der Waals surface area contributed by atoms with Gasteiger partial charge in [-0.3, -0.25) is 0 Å². The van der Waals surface area contributed by atoms with Crippen LogP contribution in [0.4, 0.5) is 5.69 Å². The number of anilines is 1. The molecule has 0 radical (unpaired) electrons. The van der Waals surface area contributed by atoms with Crippen LogP contribution in [0, 0.1) is 11.3 Å². The van der Waals surface area contributed by atoms with E-state index in [1.54, 1.807) is 0 Å². The minimum Gasteiger partial charge on any atom is -0.383 e. The van der Waals surface area contributed by atoms with E-state index in [1.165, 1.54) is 6.42 Å². The van der Waals surface area contributed by atoms with E-state index in [0.29, 0.717) is 5.41 Å². The minimum absolute atomic E-state index is 0.517. The van der Waals surface area contributed by atoms with Crippen molar-refractivity contribution in [1.29, 1.82) is 0 Å². The number of fused-ring (bicyclic) bond motifs is 1. The average Bonchev–Trinajstić information content (AvgIpc) is 2.94. The number of hydrogen-bond donors (Lipinski definition) is 1. The van der Waals surface area contributed by atoms with Crippen molar-refractivity contribution in [1.82, 2.24) is 10.2 Å². The Labute approximate surface area is 101 Å². The fourth-order valence-electron chi connectivity index (χ4n) is 2.31. The molecular weight excluding hydrogens is 210 g/mol. The van der Waals surface area contributed by atoms with Gasteiger partial charge in [-0.2, -0.15) is 10.2 Å². The Balaban J connectivity index is 1.81. The molecule has 3 nitrogen and oxygen atoms in total. The summed E-state index contributed by atoms with van der Waals surface area (Å²) < 4.78 is 0. The van der Waals surface area contributed by atoms with Crippen molar-refractivity contribution in [3.63, 3.8) is 0 Å². The predicted octanol–water partition coefficient (Wildman–Crippen LogP) is 3.09. The van der Waals surface area contributed by atoms with Crippen molar-refractivity contribution in [3.05, 3.63) is 30.5 Å². The van der Waals surface area contributed by atoms with E-state index in [-0.39, 0.29) is 0 Å². The quantitative estimate of drug-likeness (QED) is 0.875. The molecule has 0 amide bonds. The second-order valence-electron chi connectivity index (χ2n) is 5.55. The second kappa shape index (κ2) is 3.69. The Morgan fingerprint density at radius 1 is 1.35 bits per heavy atom. The molecule has 1 aromatic heterocycles. The molecule has 1 aromatic carbocycles. The van der Waals surface area contributed by atoms with Crippen LogP contribution < -0.4 is 5.32 Å². The first-order chi connectivity index (χ1) is 8.17. The number of aromatic nitrogens is 2. The van der Waals surface area contributed by atoms with Gasteiger partial charge in [-0.25, -0.2) is 0 Å². The third-order valence-corrected chi connectivity index (χ3v) is 3.80. The molecule has 1 fully saturated rings. The number of nitrogens with one attached hydrogen (secondary N) is 1. The Morgan fingerprint density at radius 3 is 2.88 bits per heavy atom. The largest absolute Gasteiger partial charge is 0.383 e. The minimum atomic E-state index is 0.517. The van der Waals surface area contributed by atoms with Crippen LogP contribution in [0.3, 0.4) is 0 Å². The molecule has 3 rings (SSSR count). The molecule has 1 aliphatic carbocycles. The number of hydrogen-bond acceptors (Lipinski definition) is 3. The van der Waals surface area contributed by atoms with Gasteiger partial charge in [-0.05, 0) is 23.8 Å².